The quantitative estimate of drug-likeness (QED) is 0.472. The molecule has 0 amide bonds. The number of aromatic nitrogens is 6. The molecule has 5 rings (SSSR count). The summed E-state index contributed by atoms with van der Waals surface area (Å²) in [5.41, 5.74) is 2.34. The summed E-state index contributed by atoms with van der Waals surface area (Å²) in [5, 5.41) is 15.3. The number of fused-ring (bicyclic) bond motifs is 1. The largest absolute Gasteiger partial charge is 0.241 e. The zero-order valence-electron chi connectivity index (χ0n) is 15.8. The van der Waals surface area contributed by atoms with E-state index in [1.54, 1.807) is 11.8 Å². The van der Waals surface area contributed by atoms with E-state index in [2.05, 4.69) is 33.8 Å². The third-order valence-electron chi connectivity index (χ3n) is 5.10. The third kappa shape index (κ3) is 3.53. The molecule has 0 radical (unpaired) electrons. The van der Waals surface area contributed by atoms with E-state index in [1.807, 2.05) is 34.6 Å². The first-order valence-corrected chi connectivity index (χ1v) is 11.8. The van der Waals surface area contributed by atoms with Crippen LogP contribution < -0.4 is 0 Å². The summed E-state index contributed by atoms with van der Waals surface area (Å²) < 4.78 is 16.5. The van der Waals surface area contributed by atoms with Crippen LogP contribution in [0.4, 0.5) is 4.39 Å². The minimum atomic E-state index is -0.412. The molecule has 9 heteroatoms. The number of hydrogen-bond donors (Lipinski definition) is 1. The summed E-state index contributed by atoms with van der Waals surface area (Å²) in [6.45, 7) is 0. The van der Waals surface area contributed by atoms with Gasteiger partial charge in [0.05, 0.1) is 6.04 Å². The second-order valence-corrected chi connectivity index (χ2v) is 8.98. The van der Waals surface area contributed by atoms with Crippen molar-refractivity contribution in [1.29, 1.82) is 0 Å². The Morgan fingerprint density at radius 3 is 2.79 bits per heavy atom. The van der Waals surface area contributed by atoms with Crippen LogP contribution in [0.3, 0.4) is 0 Å². The molecule has 1 aliphatic rings. The maximum atomic E-state index is 14.6. The number of aromatic amines is 1. The average molecular weight is 427 g/mol. The van der Waals surface area contributed by atoms with E-state index < -0.39 is 5.82 Å². The Hall–Kier alpha value is -2.39. The Morgan fingerprint density at radius 2 is 2.03 bits per heavy atom. The summed E-state index contributed by atoms with van der Waals surface area (Å²) in [7, 11) is 0. The highest BCUT2D eigenvalue weighted by Crippen LogP contribution is 2.33. The van der Waals surface area contributed by atoms with Crippen LogP contribution >= 0.6 is 23.5 Å². The van der Waals surface area contributed by atoms with Crippen molar-refractivity contribution < 1.29 is 4.39 Å². The molecule has 2 aromatic heterocycles. The first-order chi connectivity index (χ1) is 14.2. The number of thioether (sulfide) groups is 2. The highest BCUT2D eigenvalue weighted by molar-refractivity contribution is 7.99. The Bertz CT molecular complexity index is 1150. The van der Waals surface area contributed by atoms with Crippen LogP contribution in [0, 0.1) is 5.82 Å². The van der Waals surface area contributed by atoms with Gasteiger partial charge in [0.1, 0.15) is 11.0 Å². The molecule has 1 aliphatic heterocycles. The Balaban J connectivity index is 1.64. The minimum Gasteiger partial charge on any atom is -0.241 e. The van der Waals surface area contributed by atoms with Gasteiger partial charge >= 0.3 is 0 Å². The Kier molecular flexibility index (Phi) is 5.01. The van der Waals surface area contributed by atoms with Gasteiger partial charge in [0.15, 0.2) is 17.5 Å². The van der Waals surface area contributed by atoms with Crippen LogP contribution in [0.1, 0.15) is 18.9 Å². The van der Waals surface area contributed by atoms with Gasteiger partial charge in [-0.05, 0) is 49.1 Å². The fraction of sp³-hybridized carbons (Fsp3) is 0.300. The predicted octanol–water partition coefficient (Wildman–Crippen LogP) is 4.81. The normalized spacial score (nSPS) is 17.1. The molecular formula is C20H19FN6S2. The van der Waals surface area contributed by atoms with Gasteiger partial charge in [-0.3, -0.25) is 0 Å². The van der Waals surface area contributed by atoms with Crippen molar-refractivity contribution in [3.63, 3.8) is 0 Å². The lowest BCUT2D eigenvalue weighted by Gasteiger charge is -2.22. The van der Waals surface area contributed by atoms with Gasteiger partial charge in [0.25, 0.3) is 0 Å². The van der Waals surface area contributed by atoms with Crippen molar-refractivity contribution in [2.24, 2.45) is 0 Å². The number of nitrogens with zero attached hydrogens (tertiary/aromatic N) is 5. The summed E-state index contributed by atoms with van der Waals surface area (Å²) in [4.78, 5) is 6.01. The molecule has 1 fully saturated rings. The molecule has 1 N–H and O–H groups in total. The lowest BCUT2D eigenvalue weighted by Crippen LogP contribution is -2.18. The molecule has 1 saturated heterocycles. The lowest BCUT2D eigenvalue weighted by molar-refractivity contribution is 0.459. The van der Waals surface area contributed by atoms with Gasteiger partial charge in [-0.2, -0.15) is 32.3 Å². The molecular weight excluding hydrogens is 407 g/mol. The highest BCUT2D eigenvalue weighted by atomic mass is 32.2. The van der Waals surface area contributed by atoms with Gasteiger partial charge in [0, 0.05) is 21.8 Å². The Morgan fingerprint density at radius 1 is 1.17 bits per heavy atom. The van der Waals surface area contributed by atoms with Crippen LogP contribution in [0.5, 0.6) is 0 Å². The maximum Gasteiger partial charge on any atom is 0.181 e. The molecule has 3 heterocycles. The minimum absolute atomic E-state index is 0.237. The number of benzene rings is 2. The predicted molar refractivity (Wildman–Crippen MR) is 116 cm³/mol. The van der Waals surface area contributed by atoms with E-state index in [0.29, 0.717) is 22.7 Å². The molecule has 2 aromatic carbocycles. The van der Waals surface area contributed by atoms with Gasteiger partial charge in [-0.25, -0.2) is 14.1 Å². The van der Waals surface area contributed by atoms with E-state index in [0.717, 1.165) is 24.2 Å². The molecule has 0 saturated carbocycles. The van der Waals surface area contributed by atoms with E-state index in [9.17, 15) is 4.39 Å². The molecule has 4 aromatic rings. The van der Waals surface area contributed by atoms with Crippen molar-refractivity contribution in [1.82, 2.24) is 30.2 Å². The van der Waals surface area contributed by atoms with Crippen molar-refractivity contribution in [2.75, 3.05) is 17.8 Å². The maximum absolute atomic E-state index is 14.6. The summed E-state index contributed by atoms with van der Waals surface area (Å²) in [5.74, 6) is 3.07. The third-order valence-corrected chi connectivity index (χ3v) is 7.04. The molecule has 1 atom stereocenters. The van der Waals surface area contributed by atoms with Crippen molar-refractivity contribution in [3.8, 4) is 22.8 Å². The number of halogens is 1. The van der Waals surface area contributed by atoms with Crippen molar-refractivity contribution >= 4 is 34.6 Å². The topological polar surface area (TPSA) is 72.3 Å². The van der Waals surface area contributed by atoms with Crippen LogP contribution in [-0.2, 0) is 0 Å². The van der Waals surface area contributed by atoms with E-state index in [-0.39, 0.29) is 11.6 Å². The lowest BCUT2D eigenvalue weighted by atomic mass is 10.1. The fourth-order valence-electron chi connectivity index (χ4n) is 3.59. The average Bonchev–Trinajstić information content (AvgIpc) is 3.42. The number of rotatable bonds is 4. The highest BCUT2D eigenvalue weighted by Gasteiger charge is 2.24. The second-order valence-electron chi connectivity index (χ2n) is 6.95. The second kappa shape index (κ2) is 7.79. The summed E-state index contributed by atoms with van der Waals surface area (Å²) in [6, 6.07) is 11.7. The van der Waals surface area contributed by atoms with Crippen molar-refractivity contribution in [2.45, 2.75) is 23.8 Å². The fourth-order valence-corrected chi connectivity index (χ4v) is 5.12. The summed E-state index contributed by atoms with van der Waals surface area (Å²) in [6.07, 6.45) is 4.24. The molecule has 1 unspecified atom stereocenters. The smallest absolute Gasteiger partial charge is 0.181 e. The van der Waals surface area contributed by atoms with Crippen LogP contribution in [0.25, 0.3) is 33.8 Å². The Labute approximate surface area is 175 Å². The molecule has 148 valence electrons. The molecule has 0 bridgehead atoms. The van der Waals surface area contributed by atoms with Gasteiger partial charge in [-0.1, -0.05) is 12.1 Å². The number of nitrogens with one attached hydrogen (secondary N) is 1. The zero-order chi connectivity index (χ0) is 19.8. The van der Waals surface area contributed by atoms with Crippen LogP contribution in [0.15, 0.2) is 41.3 Å². The van der Waals surface area contributed by atoms with Crippen molar-refractivity contribution in [3.05, 3.63) is 42.2 Å². The monoisotopic (exact) mass is 426 g/mol. The first-order valence-electron chi connectivity index (χ1n) is 9.42. The molecule has 0 spiro atoms. The van der Waals surface area contributed by atoms with Crippen LogP contribution in [0.2, 0.25) is 0 Å². The number of hydrogen-bond acceptors (Lipinski definition) is 6. The van der Waals surface area contributed by atoms with Gasteiger partial charge < -0.3 is 0 Å². The zero-order valence-corrected chi connectivity index (χ0v) is 17.4. The summed E-state index contributed by atoms with van der Waals surface area (Å²) >= 11 is 3.62. The van der Waals surface area contributed by atoms with E-state index in [4.69, 9.17) is 10.1 Å². The van der Waals surface area contributed by atoms with E-state index in [1.165, 1.54) is 16.7 Å². The molecule has 6 nitrogen and oxygen atoms in total. The number of H-pyrrole nitrogens is 1. The van der Waals surface area contributed by atoms with Gasteiger partial charge in [-0.15, -0.1) is 11.8 Å². The standard InChI is InChI=1S/C20H19FN6S2/c1-28-15-6-4-12(5-7-15)19-22-20(27(25-19)14-3-2-8-29-11-14)13-9-16(21)18-17(10-13)23-26-24-18/h4-7,9-10,14H,2-3,8,11H2,1H3,(H,23,24,26). The molecule has 29 heavy (non-hydrogen) atoms. The van der Waals surface area contributed by atoms with Crippen LogP contribution in [-0.4, -0.2) is 47.9 Å². The van der Waals surface area contributed by atoms with E-state index >= 15 is 0 Å². The SMILES string of the molecule is CSc1ccc(-c2nc(-c3cc(F)c4n[nH]nc4c3)n(C3CCCSC3)n2)cc1. The first kappa shape index (κ1) is 18.6. The molecule has 0 aliphatic carbocycles. The van der Waals surface area contributed by atoms with Gasteiger partial charge in [0.2, 0.25) is 0 Å².